The van der Waals surface area contributed by atoms with E-state index in [4.69, 9.17) is 0 Å². The molecule has 21 heavy (non-hydrogen) atoms. The Morgan fingerprint density at radius 3 is 2.38 bits per heavy atom. The Hall–Kier alpha value is -2.43. The summed E-state index contributed by atoms with van der Waals surface area (Å²) in [6, 6.07) is -0.674. The first kappa shape index (κ1) is 16.6. The first-order chi connectivity index (χ1) is 9.92. The average Bonchev–Trinajstić information content (AvgIpc) is 2.41. The van der Waals surface area contributed by atoms with Crippen LogP contribution in [0.5, 0.6) is 0 Å². The predicted octanol–water partition coefficient (Wildman–Crippen LogP) is 2.48. The van der Waals surface area contributed by atoms with Gasteiger partial charge >= 0.3 is 6.03 Å². The molecule has 1 rings (SSSR count). The van der Waals surface area contributed by atoms with E-state index >= 15 is 0 Å². The number of nitrogens with zero attached hydrogens (tertiary/aromatic N) is 1. The van der Waals surface area contributed by atoms with Crippen molar-refractivity contribution in [2.75, 3.05) is 6.54 Å². The maximum absolute atomic E-state index is 12.0. The summed E-state index contributed by atoms with van der Waals surface area (Å²) in [5, 5.41) is 2.15. The first-order valence-corrected chi connectivity index (χ1v) is 6.78. The summed E-state index contributed by atoms with van der Waals surface area (Å²) < 4.78 is 0. The molecule has 5 heteroatoms. The molecule has 0 aromatic carbocycles. The molecule has 0 saturated carbocycles. The van der Waals surface area contributed by atoms with Crippen molar-refractivity contribution in [3.05, 3.63) is 47.1 Å². The molecule has 1 N–H and O–H groups in total. The quantitative estimate of drug-likeness (QED) is 0.491. The molecule has 0 bridgehead atoms. The van der Waals surface area contributed by atoms with E-state index in [2.05, 4.69) is 5.32 Å². The van der Waals surface area contributed by atoms with Crippen molar-refractivity contribution in [2.45, 2.75) is 27.7 Å². The molecule has 1 aliphatic heterocycles. The largest absolute Gasteiger partial charge is 0.331 e. The van der Waals surface area contributed by atoms with Crippen molar-refractivity contribution in [3.63, 3.8) is 0 Å². The fourth-order valence-corrected chi connectivity index (χ4v) is 1.82. The van der Waals surface area contributed by atoms with E-state index in [1.807, 2.05) is 39.0 Å². The van der Waals surface area contributed by atoms with Gasteiger partial charge in [0.15, 0.2) is 0 Å². The second-order valence-electron chi connectivity index (χ2n) is 4.70. The molecule has 4 amide bonds. The number of imide groups is 2. The maximum atomic E-state index is 12.0. The summed E-state index contributed by atoms with van der Waals surface area (Å²) in [7, 11) is 0. The van der Waals surface area contributed by atoms with Gasteiger partial charge in [-0.2, -0.15) is 0 Å². The maximum Gasteiger partial charge on any atom is 0.331 e. The van der Waals surface area contributed by atoms with Crippen LogP contribution < -0.4 is 5.32 Å². The molecule has 112 valence electrons. The van der Waals surface area contributed by atoms with Gasteiger partial charge in [0, 0.05) is 6.54 Å². The Morgan fingerprint density at radius 2 is 1.86 bits per heavy atom. The van der Waals surface area contributed by atoms with Gasteiger partial charge in [-0.25, -0.2) is 4.79 Å². The number of urea groups is 1. The summed E-state index contributed by atoms with van der Waals surface area (Å²) in [5.41, 5.74) is 2.08. The number of rotatable bonds is 4. The van der Waals surface area contributed by atoms with E-state index in [1.165, 1.54) is 6.08 Å². The van der Waals surface area contributed by atoms with Crippen molar-refractivity contribution in [1.29, 1.82) is 0 Å². The van der Waals surface area contributed by atoms with Crippen LogP contribution in [0.15, 0.2) is 47.1 Å². The Labute approximate surface area is 124 Å². The molecule has 0 radical (unpaired) electrons. The number of barbiturate groups is 1. The van der Waals surface area contributed by atoms with E-state index in [0.717, 1.165) is 16.0 Å². The van der Waals surface area contributed by atoms with E-state index < -0.39 is 17.8 Å². The topological polar surface area (TPSA) is 66.5 Å². The van der Waals surface area contributed by atoms with Crippen LogP contribution in [0.25, 0.3) is 0 Å². The first-order valence-electron chi connectivity index (χ1n) is 6.78. The van der Waals surface area contributed by atoms with Gasteiger partial charge < -0.3 is 0 Å². The third-order valence-corrected chi connectivity index (χ3v) is 2.96. The van der Waals surface area contributed by atoms with Gasteiger partial charge in [0.05, 0.1) is 0 Å². The van der Waals surface area contributed by atoms with Gasteiger partial charge in [0.1, 0.15) is 5.57 Å². The summed E-state index contributed by atoms with van der Waals surface area (Å²) >= 11 is 0. The molecule has 5 nitrogen and oxygen atoms in total. The minimum absolute atomic E-state index is 0.0405. The lowest BCUT2D eigenvalue weighted by Crippen LogP contribution is -2.53. The highest BCUT2D eigenvalue weighted by Crippen LogP contribution is 2.11. The fraction of sp³-hybridized carbons (Fsp3) is 0.312. The highest BCUT2D eigenvalue weighted by Gasteiger charge is 2.34. The number of likely N-dealkylation sites (N-methyl/N-ethyl adjacent to an activating group) is 1. The van der Waals surface area contributed by atoms with Gasteiger partial charge in [0.25, 0.3) is 11.8 Å². The third kappa shape index (κ3) is 4.02. The molecule has 0 atom stereocenters. The molecule has 0 aromatic heterocycles. The smallest absolute Gasteiger partial charge is 0.273 e. The summed E-state index contributed by atoms with van der Waals surface area (Å²) in [5.74, 6) is -1.23. The van der Waals surface area contributed by atoms with E-state index in [-0.39, 0.29) is 12.1 Å². The number of allylic oxidation sites excluding steroid dienone is 7. The number of nitrogens with one attached hydrogen (secondary N) is 1. The predicted molar refractivity (Wildman–Crippen MR) is 81.3 cm³/mol. The van der Waals surface area contributed by atoms with Gasteiger partial charge in [-0.3, -0.25) is 19.8 Å². The second-order valence-corrected chi connectivity index (χ2v) is 4.70. The zero-order valence-corrected chi connectivity index (χ0v) is 12.8. The molecule has 0 unspecified atom stereocenters. The van der Waals surface area contributed by atoms with Gasteiger partial charge in [-0.05, 0) is 39.3 Å². The monoisotopic (exact) mass is 288 g/mol. The van der Waals surface area contributed by atoms with Crippen LogP contribution in [0.4, 0.5) is 4.79 Å². The highest BCUT2D eigenvalue weighted by atomic mass is 16.2. The summed E-state index contributed by atoms with van der Waals surface area (Å²) in [4.78, 5) is 36.2. The average molecular weight is 288 g/mol. The number of carbonyl (C=O) groups is 3. The summed E-state index contributed by atoms with van der Waals surface area (Å²) in [6.45, 7) is 7.76. The zero-order chi connectivity index (χ0) is 16.0. The molecule has 1 heterocycles. The van der Waals surface area contributed by atoms with E-state index in [1.54, 1.807) is 13.0 Å². The van der Waals surface area contributed by atoms with Gasteiger partial charge in [-0.1, -0.05) is 29.9 Å². The Bertz CT molecular complexity index is 576. The van der Waals surface area contributed by atoms with Crippen LogP contribution in [0, 0.1) is 0 Å². The molecular formula is C16H20N2O3. The Kier molecular flexibility index (Phi) is 5.84. The molecule has 0 spiro atoms. The van der Waals surface area contributed by atoms with Crippen LogP contribution in [-0.2, 0) is 9.59 Å². The Balaban J connectivity index is 3.03. The molecule has 0 aromatic rings. The lowest BCUT2D eigenvalue weighted by atomic mass is 10.1. The summed E-state index contributed by atoms with van der Waals surface area (Å²) in [6.07, 6.45) is 8.73. The van der Waals surface area contributed by atoms with Crippen molar-refractivity contribution in [3.8, 4) is 0 Å². The molecule has 1 fully saturated rings. The zero-order valence-electron chi connectivity index (χ0n) is 12.8. The van der Waals surface area contributed by atoms with E-state index in [0.29, 0.717) is 0 Å². The fourth-order valence-electron chi connectivity index (χ4n) is 1.82. The Morgan fingerprint density at radius 1 is 1.19 bits per heavy atom. The lowest BCUT2D eigenvalue weighted by Gasteiger charge is -2.24. The number of hydrogen-bond acceptors (Lipinski definition) is 3. The van der Waals surface area contributed by atoms with Crippen LogP contribution in [-0.4, -0.2) is 29.3 Å². The van der Waals surface area contributed by atoms with Crippen LogP contribution in [0.1, 0.15) is 27.7 Å². The third-order valence-electron chi connectivity index (χ3n) is 2.96. The van der Waals surface area contributed by atoms with Crippen molar-refractivity contribution < 1.29 is 14.4 Å². The lowest BCUT2D eigenvalue weighted by molar-refractivity contribution is -0.130. The standard InChI is InChI=1S/C16H20N2O3/c1-5-8-12(11(3)4)9-7-10-13-14(19)17-16(21)18(6-2)15(13)20/h5,7-10H,6H2,1-4H3,(H,17,19,21)/b8-5-,9-7+,13-10-. The molecule has 1 saturated heterocycles. The minimum atomic E-state index is -0.674. The number of amides is 4. The van der Waals surface area contributed by atoms with Crippen molar-refractivity contribution >= 4 is 17.8 Å². The normalized spacial score (nSPS) is 18.0. The van der Waals surface area contributed by atoms with Crippen LogP contribution in [0.3, 0.4) is 0 Å². The highest BCUT2D eigenvalue weighted by molar-refractivity contribution is 6.28. The molecular weight excluding hydrogens is 268 g/mol. The number of hydrogen-bond donors (Lipinski definition) is 1. The second kappa shape index (κ2) is 7.38. The van der Waals surface area contributed by atoms with E-state index in [9.17, 15) is 14.4 Å². The van der Waals surface area contributed by atoms with Gasteiger partial charge in [-0.15, -0.1) is 0 Å². The van der Waals surface area contributed by atoms with Crippen molar-refractivity contribution in [2.24, 2.45) is 0 Å². The van der Waals surface area contributed by atoms with Crippen molar-refractivity contribution in [1.82, 2.24) is 10.2 Å². The van der Waals surface area contributed by atoms with Crippen LogP contribution in [0.2, 0.25) is 0 Å². The SMILES string of the molecule is C/C=C\C(/C=C/C=C1/C(=O)NC(=O)N(CC)C1=O)=C(C)C. The molecule has 0 aliphatic carbocycles. The number of carbonyl (C=O) groups excluding carboxylic acids is 3. The minimum Gasteiger partial charge on any atom is -0.273 e. The molecule has 1 aliphatic rings. The van der Waals surface area contributed by atoms with Crippen LogP contribution >= 0.6 is 0 Å². The van der Waals surface area contributed by atoms with Gasteiger partial charge in [0.2, 0.25) is 0 Å².